The van der Waals surface area contributed by atoms with E-state index in [9.17, 15) is 10.1 Å². The van der Waals surface area contributed by atoms with Gasteiger partial charge in [0.15, 0.2) is 0 Å². The normalized spacial score (nSPS) is 10.9. The standard InChI is InChI=1S/C15H14N4O2/c16-9-8-13-15(11-4-2-1-3-5-11)18-10-12(19(20)21)6-7-14(18)17-13/h1-7,10H,8-9,16H2. The summed E-state index contributed by atoms with van der Waals surface area (Å²) in [6.45, 7) is 0.478. The molecule has 0 aliphatic carbocycles. The summed E-state index contributed by atoms with van der Waals surface area (Å²) in [5.41, 5.74) is 9.05. The van der Waals surface area contributed by atoms with Gasteiger partial charge in [-0.05, 0) is 12.6 Å². The summed E-state index contributed by atoms with van der Waals surface area (Å²) >= 11 is 0. The predicted octanol–water partition coefficient (Wildman–Crippen LogP) is 2.41. The first kappa shape index (κ1) is 13.3. The van der Waals surface area contributed by atoms with Crippen molar-refractivity contribution < 1.29 is 4.92 Å². The van der Waals surface area contributed by atoms with Crippen LogP contribution in [0.4, 0.5) is 5.69 Å². The quantitative estimate of drug-likeness (QED) is 0.588. The molecule has 3 aromatic rings. The number of hydrogen-bond donors (Lipinski definition) is 1. The Balaban J connectivity index is 2.29. The number of aromatic nitrogens is 2. The molecule has 1 aromatic carbocycles. The molecule has 0 atom stereocenters. The van der Waals surface area contributed by atoms with E-state index >= 15 is 0 Å². The number of nitro groups is 1. The molecule has 0 fully saturated rings. The summed E-state index contributed by atoms with van der Waals surface area (Å²) in [4.78, 5) is 15.1. The van der Waals surface area contributed by atoms with Gasteiger partial charge in [0.25, 0.3) is 5.69 Å². The summed E-state index contributed by atoms with van der Waals surface area (Å²) in [5.74, 6) is 0. The van der Waals surface area contributed by atoms with Crippen LogP contribution in [0.15, 0.2) is 48.7 Å². The van der Waals surface area contributed by atoms with Gasteiger partial charge >= 0.3 is 0 Å². The third kappa shape index (κ3) is 2.36. The third-order valence-electron chi connectivity index (χ3n) is 3.31. The fourth-order valence-electron chi connectivity index (χ4n) is 2.40. The van der Waals surface area contributed by atoms with Gasteiger partial charge in [0, 0.05) is 18.1 Å². The minimum Gasteiger partial charge on any atom is -0.330 e. The molecule has 0 saturated carbocycles. The van der Waals surface area contributed by atoms with Gasteiger partial charge in [0.1, 0.15) is 5.65 Å². The molecule has 0 aliphatic heterocycles. The smallest absolute Gasteiger partial charge is 0.286 e. The van der Waals surface area contributed by atoms with Crippen molar-refractivity contribution in [2.75, 3.05) is 6.54 Å². The van der Waals surface area contributed by atoms with Crippen LogP contribution in [0, 0.1) is 10.1 Å². The fourth-order valence-corrected chi connectivity index (χ4v) is 2.40. The Labute approximate surface area is 121 Å². The van der Waals surface area contributed by atoms with Crippen LogP contribution in [0.25, 0.3) is 16.9 Å². The van der Waals surface area contributed by atoms with Crippen LogP contribution < -0.4 is 5.73 Å². The zero-order valence-electron chi connectivity index (χ0n) is 11.3. The first-order valence-corrected chi connectivity index (χ1v) is 6.61. The Morgan fingerprint density at radius 2 is 1.95 bits per heavy atom. The lowest BCUT2D eigenvalue weighted by Crippen LogP contribution is -2.04. The highest BCUT2D eigenvalue weighted by Gasteiger charge is 2.16. The number of fused-ring (bicyclic) bond motifs is 1. The Hall–Kier alpha value is -2.73. The van der Waals surface area contributed by atoms with Crippen molar-refractivity contribution in [3.8, 4) is 11.3 Å². The molecule has 2 heterocycles. The van der Waals surface area contributed by atoms with E-state index in [-0.39, 0.29) is 5.69 Å². The molecule has 0 radical (unpaired) electrons. The molecule has 0 unspecified atom stereocenters. The predicted molar refractivity (Wildman–Crippen MR) is 80.0 cm³/mol. The van der Waals surface area contributed by atoms with Gasteiger partial charge in [0.2, 0.25) is 0 Å². The maximum absolute atomic E-state index is 11.0. The molecule has 2 N–H and O–H groups in total. The number of nitrogens with two attached hydrogens (primary N) is 1. The number of imidazole rings is 1. The van der Waals surface area contributed by atoms with Crippen LogP contribution in [0.2, 0.25) is 0 Å². The van der Waals surface area contributed by atoms with Gasteiger partial charge in [-0.15, -0.1) is 0 Å². The summed E-state index contributed by atoms with van der Waals surface area (Å²) in [5, 5.41) is 11.0. The zero-order valence-corrected chi connectivity index (χ0v) is 11.3. The van der Waals surface area contributed by atoms with E-state index in [0.717, 1.165) is 17.0 Å². The van der Waals surface area contributed by atoms with Gasteiger partial charge in [-0.3, -0.25) is 14.5 Å². The molecule has 6 heteroatoms. The molecule has 6 nitrogen and oxygen atoms in total. The molecule has 3 rings (SSSR count). The Kier molecular flexibility index (Phi) is 3.37. The van der Waals surface area contributed by atoms with Crippen LogP contribution in [-0.2, 0) is 6.42 Å². The van der Waals surface area contributed by atoms with Gasteiger partial charge in [0.05, 0.1) is 22.5 Å². The second-order valence-corrected chi connectivity index (χ2v) is 4.68. The topological polar surface area (TPSA) is 86.5 Å². The van der Waals surface area contributed by atoms with Crippen molar-refractivity contribution in [2.45, 2.75) is 6.42 Å². The maximum Gasteiger partial charge on any atom is 0.286 e. The monoisotopic (exact) mass is 282 g/mol. The highest BCUT2D eigenvalue weighted by molar-refractivity contribution is 5.68. The number of nitrogens with zero attached hydrogens (tertiary/aromatic N) is 3. The first-order chi connectivity index (χ1) is 10.2. The van der Waals surface area contributed by atoms with E-state index in [1.54, 1.807) is 10.5 Å². The zero-order chi connectivity index (χ0) is 14.8. The minimum absolute atomic E-state index is 0.0383. The van der Waals surface area contributed by atoms with Crippen molar-refractivity contribution in [1.82, 2.24) is 9.38 Å². The maximum atomic E-state index is 11.0. The second-order valence-electron chi connectivity index (χ2n) is 4.68. The van der Waals surface area contributed by atoms with Gasteiger partial charge in [-0.2, -0.15) is 0 Å². The van der Waals surface area contributed by atoms with Crippen LogP contribution in [-0.4, -0.2) is 20.9 Å². The average Bonchev–Trinajstić information content (AvgIpc) is 2.85. The summed E-state index contributed by atoms with van der Waals surface area (Å²) in [7, 11) is 0. The SMILES string of the molecule is NCCc1nc2ccc([N+](=O)[O-])cn2c1-c1ccccc1. The van der Waals surface area contributed by atoms with Crippen molar-refractivity contribution in [3.63, 3.8) is 0 Å². The number of rotatable bonds is 4. The molecule has 2 aromatic heterocycles. The second kappa shape index (κ2) is 5.34. The van der Waals surface area contributed by atoms with Crippen LogP contribution in [0.3, 0.4) is 0 Å². The third-order valence-corrected chi connectivity index (χ3v) is 3.31. The van der Waals surface area contributed by atoms with E-state index in [4.69, 9.17) is 5.73 Å². The number of benzene rings is 1. The Bertz CT molecular complexity index is 796. The van der Waals surface area contributed by atoms with Crippen LogP contribution in [0.5, 0.6) is 0 Å². The molecule has 0 amide bonds. The number of hydrogen-bond acceptors (Lipinski definition) is 4. The Morgan fingerprint density at radius 3 is 2.62 bits per heavy atom. The lowest BCUT2D eigenvalue weighted by Gasteiger charge is -2.04. The van der Waals surface area contributed by atoms with E-state index in [1.807, 2.05) is 30.3 Å². The van der Waals surface area contributed by atoms with E-state index in [1.165, 1.54) is 12.3 Å². The van der Waals surface area contributed by atoms with E-state index in [0.29, 0.717) is 18.6 Å². The lowest BCUT2D eigenvalue weighted by atomic mass is 10.1. The molecule has 0 saturated heterocycles. The first-order valence-electron chi connectivity index (χ1n) is 6.61. The highest BCUT2D eigenvalue weighted by Crippen LogP contribution is 2.27. The van der Waals surface area contributed by atoms with Crippen LogP contribution in [0.1, 0.15) is 5.69 Å². The van der Waals surface area contributed by atoms with E-state index < -0.39 is 4.92 Å². The van der Waals surface area contributed by atoms with Gasteiger partial charge in [-0.1, -0.05) is 30.3 Å². The van der Waals surface area contributed by atoms with Crippen LogP contribution >= 0.6 is 0 Å². The molecular formula is C15H14N4O2. The lowest BCUT2D eigenvalue weighted by molar-refractivity contribution is -0.385. The van der Waals surface area contributed by atoms with Crippen molar-refractivity contribution >= 4 is 11.3 Å². The summed E-state index contributed by atoms with van der Waals surface area (Å²) < 4.78 is 1.76. The van der Waals surface area contributed by atoms with Crippen molar-refractivity contribution in [3.05, 3.63) is 64.5 Å². The summed E-state index contributed by atoms with van der Waals surface area (Å²) in [6.07, 6.45) is 2.13. The Morgan fingerprint density at radius 1 is 1.19 bits per heavy atom. The fraction of sp³-hybridized carbons (Fsp3) is 0.133. The van der Waals surface area contributed by atoms with Crippen molar-refractivity contribution in [2.24, 2.45) is 5.73 Å². The van der Waals surface area contributed by atoms with Gasteiger partial charge in [-0.25, -0.2) is 4.98 Å². The van der Waals surface area contributed by atoms with Crippen molar-refractivity contribution in [1.29, 1.82) is 0 Å². The largest absolute Gasteiger partial charge is 0.330 e. The molecule has 0 bridgehead atoms. The van der Waals surface area contributed by atoms with E-state index in [2.05, 4.69) is 4.98 Å². The molecule has 0 aliphatic rings. The average molecular weight is 282 g/mol. The molecule has 0 spiro atoms. The molecule has 21 heavy (non-hydrogen) atoms. The van der Waals surface area contributed by atoms with Gasteiger partial charge < -0.3 is 5.73 Å². The molecular weight excluding hydrogens is 268 g/mol. The highest BCUT2D eigenvalue weighted by atomic mass is 16.6. The number of pyridine rings is 1. The molecule has 106 valence electrons. The minimum atomic E-state index is -0.406. The summed E-state index contributed by atoms with van der Waals surface area (Å²) in [6, 6.07) is 12.8.